The van der Waals surface area contributed by atoms with Gasteiger partial charge in [-0.15, -0.1) is 0 Å². The lowest BCUT2D eigenvalue weighted by molar-refractivity contribution is -0.153. The molecule has 0 aliphatic carbocycles. The Bertz CT molecular complexity index is 1450. The minimum Gasteiger partial charge on any atom is -0.377 e. The van der Waals surface area contributed by atoms with Gasteiger partial charge in [-0.3, -0.25) is 0 Å². The van der Waals surface area contributed by atoms with Gasteiger partial charge in [-0.2, -0.15) is 0 Å². The molecule has 2 aliphatic rings. The van der Waals surface area contributed by atoms with E-state index in [1.807, 2.05) is 13.8 Å². The summed E-state index contributed by atoms with van der Waals surface area (Å²) in [5, 5.41) is 7.61. The Morgan fingerprint density at radius 2 is 0.911 bits per heavy atom. The minimum atomic E-state index is -0.626. The molecule has 0 radical (unpaired) electrons. The first-order valence-corrected chi connectivity index (χ1v) is 16.2. The fourth-order valence-corrected chi connectivity index (χ4v) is 6.23. The summed E-state index contributed by atoms with van der Waals surface area (Å²) in [4.78, 5) is 2.38. The third-order valence-electron chi connectivity index (χ3n) is 8.59. The Hall–Kier alpha value is -2.60. The summed E-state index contributed by atoms with van der Waals surface area (Å²) in [7, 11) is 0. The van der Waals surface area contributed by atoms with Crippen LogP contribution in [0.1, 0.15) is 13.8 Å². The molecule has 0 aromatic heterocycles. The summed E-state index contributed by atoms with van der Waals surface area (Å²) in [6, 6.07) is 19.9. The highest BCUT2D eigenvalue weighted by atomic mass is 16.6. The zero-order valence-electron chi connectivity index (χ0n) is 26.7. The second kappa shape index (κ2) is 15.3. The molecule has 6 rings (SSSR count). The lowest BCUT2D eigenvalue weighted by Gasteiger charge is -2.32. The van der Waals surface area contributed by atoms with E-state index in [0.29, 0.717) is 106 Å². The topological polar surface area (TPSA) is 77.1 Å². The van der Waals surface area contributed by atoms with E-state index in [1.165, 1.54) is 38.0 Å². The molecule has 2 aliphatic heterocycles. The van der Waals surface area contributed by atoms with Gasteiger partial charge in [0.15, 0.2) is 0 Å². The van der Waals surface area contributed by atoms with Crippen LogP contribution in [0.2, 0.25) is 0 Å². The Kier molecular flexibility index (Phi) is 11.0. The van der Waals surface area contributed by atoms with Gasteiger partial charge in [-0.25, -0.2) is 0 Å². The standard InChI is InChI=1S/C36H47NO8/c1-35-24-40-14-12-37(32-11-9-30-7-6-28-4-3-5-29-8-10-31(32)34(30)33(28)29)13-15-41-25-36(2,45-23-21-39-20-22-44-35)27-43-19-17-38-16-18-42-26-35/h3-11H,12-27H2,1-2H3. The van der Waals surface area contributed by atoms with Crippen molar-refractivity contribution in [2.75, 3.05) is 110 Å². The fourth-order valence-electron chi connectivity index (χ4n) is 6.23. The molecule has 2 fully saturated rings. The summed E-state index contributed by atoms with van der Waals surface area (Å²) in [5.41, 5.74) is -0.0787. The van der Waals surface area contributed by atoms with Gasteiger partial charge in [0.25, 0.3) is 0 Å². The molecule has 0 N–H and O–H groups in total. The maximum Gasteiger partial charge on any atom is 0.112 e. The van der Waals surface area contributed by atoms with E-state index in [1.54, 1.807) is 0 Å². The number of nitrogens with zero attached hydrogens (tertiary/aromatic N) is 1. The van der Waals surface area contributed by atoms with E-state index in [0.717, 1.165) is 0 Å². The first-order chi connectivity index (χ1) is 22.0. The molecule has 244 valence electrons. The number of rotatable bonds is 1. The monoisotopic (exact) mass is 621 g/mol. The van der Waals surface area contributed by atoms with Crippen LogP contribution in [0, 0.1) is 0 Å². The Balaban J connectivity index is 1.28. The van der Waals surface area contributed by atoms with E-state index in [9.17, 15) is 0 Å². The highest BCUT2D eigenvalue weighted by Crippen LogP contribution is 2.38. The summed E-state index contributed by atoms with van der Waals surface area (Å²) in [6.07, 6.45) is 0. The first-order valence-electron chi connectivity index (χ1n) is 16.2. The summed E-state index contributed by atoms with van der Waals surface area (Å²) in [6.45, 7) is 11.7. The summed E-state index contributed by atoms with van der Waals surface area (Å²) < 4.78 is 48.6. The quantitative estimate of drug-likeness (QED) is 0.214. The minimum absolute atomic E-state index is 0.390. The highest BCUT2D eigenvalue weighted by Gasteiger charge is 2.28. The Morgan fingerprint density at radius 3 is 1.49 bits per heavy atom. The van der Waals surface area contributed by atoms with Crippen LogP contribution >= 0.6 is 0 Å². The maximum atomic E-state index is 6.31. The van der Waals surface area contributed by atoms with Gasteiger partial charge in [0.1, 0.15) is 11.2 Å². The highest BCUT2D eigenvalue weighted by molar-refractivity contribution is 6.25. The second-order valence-electron chi connectivity index (χ2n) is 12.5. The molecule has 2 bridgehead atoms. The van der Waals surface area contributed by atoms with Crippen molar-refractivity contribution in [3.63, 3.8) is 0 Å². The van der Waals surface area contributed by atoms with Crippen molar-refractivity contribution in [2.45, 2.75) is 25.0 Å². The molecule has 9 heteroatoms. The number of hydrogen-bond acceptors (Lipinski definition) is 9. The van der Waals surface area contributed by atoms with Crippen LogP contribution < -0.4 is 4.90 Å². The van der Waals surface area contributed by atoms with Gasteiger partial charge < -0.3 is 42.8 Å². The third kappa shape index (κ3) is 8.22. The summed E-state index contributed by atoms with van der Waals surface area (Å²) >= 11 is 0. The lowest BCUT2D eigenvalue weighted by Crippen LogP contribution is -2.43. The average Bonchev–Trinajstić information content (AvgIpc) is 3.05. The molecule has 2 unspecified atom stereocenters. The number of ether oxygens (including phenoxy) is 8. The fraction of sp³-hybridized carbons (Fsp3) is 0.556. The van der Waals surface area contributed by atoms with Gasteiger partial charge in [-0.05, 0) is 46.8 Å². The number of anilines is 1. The normalized spacial score (nSPS) is 26.7. The van der Waals surface area contributed by atoms with Crippen LogP contribution in [0.4, 0.5) is 5.69 Å². The molecule has 4 aromatic carbocycles. The largest absolute Gasteiger partial charge is 0.377 e. The van der Waals surface area contributed by atoms with Crippen LogP contribution in [0.5, 0.6) is 0 Å². The maximum absolute atomic E-state index is 6.31. The molecule has 9 nitrogen and oxygen atoms in total. The predicted molar refractivity (Wildman–Crippen MR) is 176 cm³/mol. The molecular weight excluding hydrogens is 574 g/mol. The van der Waals surface area contributed by atoms with Crippen LogP contribution in [0.15, 0.2) is 54.6 Å². The SMILES string of the molecule is CC12COCCOCCOCC(C)(COCCN(c3ccc4ccc5cccc6ccc3c4c56)CCOC1)OCCOCCO2. The van der Waals surface area contributed by atoms with Crippen molar-refractivity contribution >= 4 is 38.0 Å². The predicted octanol–water partition coefficient (Wildman–Crippen LogP) is 5.07. The molecule has 2 saturated heterocycles. The summed E-state index contributed by atoms with van der Waals surface area (Å²) in [5.74, 6) is 0. The van der Waals surface area contributed by atoms with Crippen LogP contribution in [-0.2, 0) is 37.9 Å². The van der Waals surface area contributed by atoms with Crippen molar-refractivity contribution in [1.29, 1.82) is 0 Å². The molecular formula is C36H47NO8. The van der Waals surface area contributed by atoms with Crippen LogP contribution in [0.25, 0.3) is 32.3 Å². The van der Waals surface area contributed by atoms with Crippen molar-refractivity contribution < 1.29 is 37.9 Å². The zero-order valence-corrected chi connectivity index (χ0v) is 26.7. The van der Waals surface area contributed by atoms with Crippen molar-refractivity contribution in [3.8, 4) is 0 Å². The van der Waals surface area contributed by atoms with Crippen molar-refractivity contribution in [2.24, 2.45) is 0 Å². The van der Waals surface area contributed by atoms with E-state index in [-0.39, 0.29) is 0 Å². The lowest BCUT2D eigenvalue weighted by atomic mass is 9.93. The third-order valence-corrected chi connectivity index (χ3v) is 8.59. The van der Waals surface area contributed by atoms with Crippen LogP contribution in [0.3, 0.4) is 0 Å². The van der Waals surface area contributed by atoms with E-state index < -0.39 is 11.2 Å². The second-order valence-corrected chi connectivity index (χ2v) is 12.5. The van der Waals surface area contributed by atoms with Crippen molar-refractivity contribution in [3.05, 3.63) is 54.6 Å². The van der Waals surface area contributed by atoms with Gasteiger partial charge in [-0.1, -0.05) is 48.5 Å². The molecule has 2 heterocycles. The number of hydrogen-bond donors (Lipinski definition) is 0. The van der Waals surface area contributed by atoms with Crippen LogP contribution in [-0.4, -0.2) is 117 Å². The Morgan fingerprint density at radius 1 is 0.467 bits per heavy atom. The molecule has 0 spiro atoms. The zero-order chi connectivity index (χ0) is 31.0. The average molecular weight is 622 g/mol. The molecule has 0 amide bonds. The van der Waals surface area contributed by atoms with Gasteiger partial charge in [0.05, 0.1) is 92.5 Å². The number of benzene rings is 4. The van der Waals surface area contributed by atoms with Gasteiger partial charge >= 0.3 is 0 Å². The van der Waals surface area contributed by atoms with E-state index in [4.69, 9.17) is 37.9 Å². The van der Waals surface area contributed by atoms with Crippen molar-refractivity contribution in [1.82, 2.24) is 0 Å². The molecule has 0 saturated carbocycles. The Labute approximate surface area is 265 Å². The van der Waals surface area contributed by atoms with E-state index >= 15 is 0 Å². The smallest absolute Gasteiger partial charge is 0.112 e. The molecule has 4 aromatic rings. The molecule has 45 heavy (non-hydrogen) atoms. The first kappa shape index (κ1) is 32.3. The van der Waals surface area contributed by atoms with E-state index in [2.05, 4.69) is 59.5 Å². The number of fused-ring (bicyclic) bond motifs is 8. The van der Waals surface area contributed by atoms with Gasteiger partial charge in [0.2, 0.25) is 0 Å². The van der Waals surface area contributed by atoms with Gasteiger partial charge in [0, 0.05) is 24.2 Å². The molecule has 2 atom stereocenters.